The summed E-state index contributed by atoms with van der Waals surface area (Å²) in [6.45, 7) is 8.87. The molecule has 2 rings (SSSR count). The van der Waals surface area contributed by atoms with Gasteiger partial charge in [0.1, 0.15) is 5.60 Å². The molecule has 8 heteroatoms. The van der Waals surface area contributed by atoms with Gasteiger partial charge in [0.25, 0.3) is 0 Å². The Bertz CT molecular complexity index is 585. The monoisotopic (exact) mass is 492 g/mol. The highest BCUT2D eigenvalue weighted by Crippen LogP contribution is 2.16. The lowest BCUT2D eigenvalue weighted by Gasteiger charge is -2.36. The number of halogens is 1. The highest BCUT2D eigenvalue weighted by molar-refractivity contribution is 14.0. The van der Waals surface area contributed by atoms with Gasteiger partial charge in [-0.2, -0.15) is 0 Å². The molecule has 1 aliphatic heterocycles. The molecule has 1 amide bonds. The highest BCUT2D eigenvalue weighted by Gasteiger charge is 2.26. The molecule has 1 aliphatic rings. The number of aliphatic imine (C=N–C) groups is 1. The fraction of sp³-hybridized carbons (Fsp3) is 0.556. The van der Waals surface area contributed by atoms with Crippen molar-refractivity contribution in [2.75, 3.05) is 38.5 Å². The van der Waals surface area contributed by atoms with Crippen LogP contribution in [0.2, 0.25) is 0 Å². The predicted molar refractivity (Wildman–Crippen MR) is 118 cm³/mol. The molecule has 0 atom stereocenters. The smallest absolute Gasteiger partial charge is 0.410 e. The number of carbonyl (C=O) groups excluding carboxylic acids is 1. The number of guanidine groups is 1. The summed E-state index contributed by atoms with van der Waals surface area (Å²) in [4.78, 5) is 21.5. The Hall–Kier alpha value is -1.16. The number of hydrogen-bond donors (Lipinski definition) is 1. The Balaban J connectivity index is 0.00000338. The van der Waals surface area contributed by atoms with Crippen LogP contribution in [0.1, 0.15) is 20.8 Å². The van der Waals surface area contributed by atoms with Gasteiger partial charge >= 0.3 is 6.09 Å². The van der Waals surface area contributed by atoms with Crippen molar-refractivity contribution in [1.82, 2.24) is 9.80 Å². The van der Waals surface area contributed by atoms with Gasteiger partial charge in [-0.05, 0) is 32.9 Å². The lowest BCUT2D eigenvalue weighted by molar-refractivity contribution is 0.0186. The highest BCUT2D eigenvalue weighted by atomic mass is 127. The van der Waals surface area contributed by atoms with Crippen LogP contribution in [0.3, 0.4) is 0 Å². The van der Waals surface area contributed by atoms with Gasteiger partial charge in [-0.3, -0.25) is 4.99 Å². The molecule has 146 valence electrons. The lowest BCUT2D eigenvalue weighted by Crippen LogP contribution is -2.53. The molecule has 1 saturated heterocycles. The minimum Gasteiger partial charge on any atom is -0.444 e. The number of nitrogens with zero attached hydrogens (tertiary/aromatic N) is 3. The second-order valence-corrected chi connectivity index (χ2v) is 8.02. The Morgan fingerprint density at radius 2 is 1.73 bits per heavy atom. The van der Waals surface area contributed by atoms with Crippen molar-refractivity contribution in [1.29, 1.82) is 0 Å². The molecule has 0 aliphatic carbocycles. The molecule has 1 aromatic rings. The van der Waals surface area contributed by atoms with E-state index in [1.54, 1.807) is 16.7 Å². The van der Waals surface area contributed by atoms with Gasteiger partial charge in [0.2, 0.25) is 0 Å². The van der Waals surface area contributed by atoms with Crippen molar-refractivity contribution in [3.8, 4) is 0 Å². The number of carbonyl (C=O) groups is 1. The van der Waals surface area contributed by atoms with E-state index >= 15 is 0 Å². The topological polar surface area (TPSA) is 71.2 Å². The predicted octanol–water partition coefficient (Wildman–Crippen LogP) is 3.26. The minimum atomic E-state index is -0.467. The zero-order chi connectivity index (χ0) is 18.3. The molecule has 0 spiro atoms. The molecular formula is C18H29IN4O2S. The van der Waals surface area contributed by atoms with Gasteiger partial charge in [-0.25, -0.2) is 4.79 Å². The number of piperazine rings is 1. The molecule has 0 saturated carbocycles. The first-order valence-electron chi connectivity index (χ1n) is 8.56. The summed E-state index contributed by atoms with van der Waals surface area (Å²) >= 11 is 1.77. The van der Waals surface area contributed by atoms with Crippen molar-refractivity contribution < 1.29 is 9.53 Å². The number of nitrogens with two attached hydrogens (primary N) is 1. The van der Waals surface area contributed by atoms with Crippen LogP contribution in [0.4, 0.5) is 4.79 Å². The first-order chi connectivity index (χ1) is 11.8. The maximum absolute atomic E-state index is 12.1. The van der Waals surface area contributed by atoms with E-state index in [4.69, 9.17) is 10.5 Å². The van der Waals surface area contributed by atoms with Crippen molar-refractivity contribution in [2.24, 2.45) is 10.7 Å². The maximum atomic E-state index is 12.1. The zero-order valence-electron chi connectivity index (χ0n) is 15.7. The van der Waals surface area contributed by atoms with E-state index in [-0.39, 0.29) is 30.1 Å². The Morgan fingerprint density at radius 1 is 1.15 bits per heavy atom. The van der Waals surface area contributed by atoms with Gasteiger partial charge in [-0.1, -0.05) is 18.2 Å². The maximum Gasteiger partial charge on any atom is 0.410 e. The third kappa shape index (κ3) is 8.03. The number of hydrogen-bond acceptors (Lipinski definition) is 4. The molecule has 6 nitrogen and oxygen atoms in total. The number of amides is 1. The molecule has 2 N–H and O–H groups in total. The number of rotatable bonds is 4. The number of ether oxygens (including phenoxy) is 1. The van der Waals surface area contributed by atoms with E-state index in [0.29, 0.717) is 38.7 Å². The quantitative estimate of drug-likeness (QED) is 0.230. The first kappa shape index (κ1) is 22.9. The molecule has 0 aromatic heterocycles. The molecule has 26 heavy (non-hydrogen) atoms. The van der Waals surface area contributed by atoms with E-state index in [0.717, 1.165) is 5.75 Å². The van der Waals surface area contributed by atoms with Crippen LogP contribution >= 0.6 is 35.7 Å². The lowest BCUT2D eigenvalue weighted by atomic mass is 10.2. The van der Waals surface area contributed by atoms with Gasteiger partial charge in [0.15, 0.2) is 5.96 Å². The van der Waals surface area contributed by atoms with Gasteiger partial charge < -0.3 is 20.3 Å². The van der Waals surface area contributed by atoms with Crippen LogP contribution in [-0.2, 0) is 4.74 Å². The van der Waals surface area contributed by atoms with Crippen molar-refractivity contribution in [3.05, 3.63) is 30.3 Å². The number of thioether (sulfide) groups is 1. The summed E-state index contributed by atoms with van der Waals surface area (Å²) < 4.78 is 5.40. The van der Waals surface area contributed by atoms with Crippen LogP contribution < -0.4 is 5.73 Å². The molecule has 0 radical (unpaired) electrons. The van der Waals surface area contributed by atoms with Crippen molar-refractivity contribution in [3.63, 3.8) is 0 Å². The Morgan fingerprint density at radius 3 is 2.31 bits per heavy atom. The van der Waals surface area contributed by atoms with Gasteiger partial charge in [-0.15, -0.1) is 35.7 Å². The van der Waals surface area contributed by atoms with Gasteiger partial charge in [0.05, 0.1) is 6.54 Å². The van der Waals surface area contributed by atoms with Crippen molar-refractivity contribution in [2.45, 2.75) is 31.3 Å². The van der Waals surface area contributed by atoms with Crippen LogP contribution in [-0.4, -0.2) is 65.9 Å². The van der Waals surface area contributed by atoms with Gasteiger partial charge in [0, 0.05) is 36.8 Å². The molecule has 0 bridgehead atoms. The fourth-order valence-electron chi connectivity index (χ4n) is 2.39. The van der Waals surface area contributed by atoms with E-state index in [1.165, 1.54) is 4.90 Å². The summed E-state index contributed by atoms with van der Waals surface area (Å²) in [5.41, 5.74) is 5.62. The largest absolute Gasteiger partial charge is 0.444 e. The zero-order valence-corrected chi connectivity index (χ0v) is 18.8. The fourth-order valence-corrected chi connectivity index (χ4v) is 3.15. The summed E-state index contributed by atoms with van der Waals surface area (Å²) in [5, 5.41) is 0. The standard InChI is InChI=1S/C18H28N4O2S.HI/c1-18(2,3)24-17(23)22-12-10-21(11-13-22)16(19)20-9-14-25-15-7-5-4-6-8-15;/h4-8H,9-14H2,1-3H3,(H2,19,20);1H. The first-order valence-corrected chi connectivity index (χ1v) is 9.54. The Kier molecular flexibility index (Phi) is 9.56. The average Bonchev–Trinajstić information content (AvgIpc) is 2.58. The summed E-state index contributed by atoms with van der Waals surface area (Å²) in [6.07, 6.45) is -0.262. The second kappa shape index (κ2) is 10.9. The minimum absolute atomic E-state index is 0. The molecular weight excluding hydrogens is 463 g/mol. The van der Waals surface area contributed by atoms with Crippen molar-refractivity contribution >= 4 is 47.8 Å². The van der Waals surface area contributed by atoms with E-state index in [1.807, 2.05) is 43.9 Å². The third-order valence-electron chi connectivity index (χ3n) is 3.63. The van der Waals surface area contributed by atoms with E-state index < -0.39 is 5.60 Å². The van der Waals surface area contributed by atoms with Crippen LogP contribution in [0.15, 0.2) is 40.2 Å². The molecule has 1 heterocycles. The summed E-state index contributed by atoms with van der Waals surface area (Å²) in [7, 11) is 0. The molecule has 1 aromatic carbocycles. The third-order valence-corrected chi connectivity index (χ3v) is 4.62. The summed E-state index contributed by atoms with van der Waals surface area (Å²) in [5.74, 6) is 1.44. The van der Waals surface area contributed by atoms with Crippen LogP contribution in [0.25, 0.3) is 0 Å². The normalized spacial score (nSPS) is 15.4. The second-order valence-electron chi connectivity index (χ2n) is 6.86. The molecule has 0 unspecified atom stereocenters. The Labute approximate surface area is 177 Å². The number of benzene rings is 1. The van der Waals surface area contributed by atoms with E-state index in [2.05, 4.69) is 17.1 Å². The van der Waals surface area contributed by atoms with E-state index in [9.17, 15) is 4.79 Å². The molecule has 1 fully saturated rings. The average molecular weight is 492 g/mol. The van der Waals surface area contributed by atoms with Crippen LogP contribution in [0.5, 0.6) is 0 Å². The SMILES string of the molecule is CC(C)(C)OC(=O)N1CCN(C(N)=NCCSc2ccccc2)CC1.I. The van der Waals surface area contributed by atoms with Crippen LogP contribution in [0, 0.1) is 0 Å². The summed E-state index contributed by atoms with van der Waals surface area (Å²) in [6, 6.07) is 10.3.